The molecular weight excluding hydrogens is 384 g/mol. The van der Waals surface area contributed by atoms with Crippen LogP contribution in [0.4, 0.5) is 16.2 Å². The highest BCUT2D eigenvalue weighted by Gasteiger charge is 2.15. The maximum atomic E-state index is 12.4. The Hall–Kier alpha value is -2.91. The van der Waals surface area contributed by atoms with Gasteiger partial charge in [0.1, 0.15) is 0 Å². The minimum atomic E-state index is -3.45. The Morgan fingerprint density at radius 3 is 2.14 bits per heavy atom. The summed E-state index contributed by atoms with van der Waals surface area (Å²) in [7, 11) is 0.853. The fourth-order valence-corrected chi connectivity index (χ4v) is 3.51. The molecule has 28 heavy (non-hydrogen) atoms. The first-order valence-electron chi connectivity index (χ1n) is 8.33. The van der Waals surface area contributed by atoms with Crippen LogP contribution in [-0.4, -0.2) is 54.0 Å². The Bertz CT molecular complexity index is 924. The summed E-state index contributed by atoms with van der Waals surface area (Å²) in [6, 6.07) is 12.3. The average Bonchev–Trinajstić information content (AvgIpc) is 2.71. The van der Waals surface area contributed by atoms with Crippen LogP contribution >= 0.6 is 0 Å². The lowest BCUT2D eigenvalue weighted by Gasteiger charge is -2.16. The van der Waals surface area contributed by atoms with E-state index in [1.54, 1.807) is 31.3 Å². The summed E-state index contributed by atoms with van der Waals surface area (Å²) in [4.78, 5) is 25.3. The molecule has 0 atom stereocenters. The number of rotatable bonds is 7. The number of nitrogens with one attached hydrogen (secondary N) is 1. The van der Waals surface area contributed by atoms with Gasteiger partial charge in [-0.25, -0.2) is 13.2 Å². The van der Waals surface area contributed by atoms with Crippen LogP contribution in [0.25, 0.3) is 0 Å². The van der Waals surface area contributed by atoms with E-state index < -0.39 is 15.9 Å². The summed E-state index contributed by atoms with van der Waals surface area (Å²) >= 11 is 0. The second-order valence-electron chi connectivity index (χ2n) is 5.87. The van der Waals surface area contributed by atoms with Crippen LogP contribution in [-0.2, 0) is 19.3 Å². The number of carbonyl (C=O) groups excluding carboxylic acids is 2. The first-order chi connectivity index (χ1) is 13.3. The zero-order valence-corrected chi connectivity index (χ0v) is 16.7. The topological polar surface area (TPSA) is 102 Å². The molecule has 2 rings (SSSR count). The monoisotopic (exact) mass is 406 g/mol. The molecule has 150 valence electrons. The second kappa shape index (κ2) is 9.34. The van der Waals surface area contributed by atoms with Crippen molar-refractivity contribution in [2.45, 2.75) is 4.90 Å². The lowest BCUT2D eigenvalue weighted by Crippen LogP contribution is -2.25. The number of amides is 2. The normalized spacial score (nSPS) is 11.0. The van der Waals surface area contributed by atoms with Crippen LogP contribution in [0.1, 0.15) is 10.4 Å². The van der Waals surface area contributed by atoms with Crippen LogP contribution in [0.15, 0.2) is 53.4 Å². The van der Waals surface area contributed by atoms with E-state index in [-0.39, 0.29) is 23.2 Å². The molecule has 2 aromatic rings. The van der Waals surface area contributed by atoms with Gasteiger partial charge in [0.2, 0.25) is 0 Å². The number of anilines is 2. The predicted molar refractivity (Wildman–Crippen MR) is 106 cm³/mol. The summed E-state index contributed by atoms with van der Waals surface area (Å²) in [6.45, 7) is 0.103. The quantitative estimate of drug-likeness (QED) is 0.758. The van der Waals surface area contributed by atoms with Gasteiger partial charge in [-0.1, -0.05) is 0 Å². The molecule has 0 aliphatic carbocycles. The van der Waals surface area contributed by atoms with Crippen LogP contribution < -0.4 is 10.2 Å². The standard InChI is InChI=1S/C19H22N2O6S/c1-21(19(23)27-3)16-8-6-15(7-9-16)20-18(22)14-4-10-17(11-5-14)28(24,25)13-12-26-2/h4-11H,12-13H2,1-3H3,(H,20,22). The van der Waals surface area contributed by atoms with Gasteiger partial charge in [-0.05, 0) is 48.5 Å². The van der Waals surface area contributed by atoms with Crippen molar-refractivity contribution in [3.05, 3.63) is 54.1 Å². The molecular formula is C19H22N2O6S. The van der Waals surface area contributed by atoms with Gasteiger partial charge >= 0.3 is 6.09 Å². The molecule has 1 N–H and O–H groups in total. The number of ether oxygens (including phenoxy) is 2. The molecule has 0 saturated carbocycles. The van der Waals surface area contributed by atoms with Gasteiger partial charge in [-0.2, -0.15) is 0 Å². The lowest BCUT2D eigenvalue weighted by molar-refractivity contribution is 0.102. The van der Waals surface area contributed by atoms with Gasteiger partial charge in [0.05, 0.1) is 24.4 Å². The van der Waals surface area contributed by atoms with Crippen LogP contribution in [0.5, 0.6) is 0 Å². The third-order valence-electron chi connectivity index (χ3n) is 3.99. The minimum absolute atomic E-state index is 0.103. The van der Waals surface area contributed by atoms with Gasteiger partial charge < -0.3 is 14.8 Å². The molecule has 2 aromatic carbocycles. The molecule has 0 unspecified atom stereocenters. The molecule has 8 nitrogen and oxygen atoms in total. The van der Waals surface area contributed by atoms with E-state index in [4.69, 9.17) is 4.74 Å². The fourth-order valence-electron chi connectivity index (χ4n) is 2.34. The van der Waals surface area contributed by atoms with Crippen molar-refractivity contribution in [3.63, 3.8) is 0 Å². The molecule has 9 heteroatoms. The van der Waals surface area contributed by atoms with Crippen molar-refractivity contribution >= 4 is 33.2 Å². The fraction of sp³-hybridized carbons (Fsp3) is 0.263. The van der Waals surface area contributed by atoms with E-state index in [0.717, 1.165) is 0 Å². The third kappa shape index (κ3) is 5.30. The molecule has 0 heterocycles. The van der Waals surface area contributed by atoms with Gasteiger partial charge in [0.25, 0.3) is 5.91 Å². The average molecular weight is 406 g/mol. The highest BCUT2D eigenvalue weighted by molar-refractivity contribution is 7.91. The molecule has 0 bridgehead atoms. The molecule has 2 amide bonds. The number of methoxy groups -OCH3 is 2. The highest BCUT2D eigenvalue weighted by Crippen LogP contribution is 2.19. The largest absolute Gasteiger partial charge is 0.452 e. The van der Waals surface area contributed by atoms with Crippen molar-refractivity contribution in [2.24, 2.45) is 0 Å². The Kier molecular flexibility index (Phi) is 7.13. The first-order valence-corrected chi connectivity index (χ1v) is 9.98. The number of hydrogen-bond acceptors (Lipinski definition) is 6. The molecule has 0 radical (unpaired) electrons. The smallest absolute Gasteiger partial charge is 0.413 e. The van der Waals surface area contributed by atoms with Crippen molar-refractivity contribution in [2.75, 3.05) is 43.8 Å². The summed E-state index contributed by atoms with van der Waals surface area (Å²) < 4.78 is 33.6. The van der Waals surface area contributed by atoms with Crippen molar-refractivity contribution in [1.29, 1.82) is 0 Å². The zero-order chi connectivity index (χ0) is 20.7. The number of hydrogen-bond donors (Lipinski definition) is 1. The Morgan fingerprint density at radius 2 is 1.61 bits per heavy atom. The third-order valence-corrected chi connectivity index (χ3v) is 5.69. The molecule has 0 saturated heterocycles. The molecule has 0 aromatic heterocycles. The Morgan fingerprint density at radius 1 is 1.00 bits per heavy atom. The summed E-state index contributed by atoms with van der Waals surface area (Å²) in [5.74, 6) is -0.503. The lowest BCUT2D eigenvalue weighted by atomic mass is 10.2. The maximum Gasteiger partial charge on any atom is 0.413 e. The highest BCUT2D eigenvalue weighted by atomic mass is 32.2. The van der Waals surface area contributed by atoms with Crippen molar-refractivity contribution in [3.8, 4) is 0 Å². The summed E-state index contributed by atoms with van der Waals surface area (Å²) in [6.07, 6.45) is -0.502. The Balaban J connectivity index is 2.06. The van der Waals surface area contributed by atoms with E-state index in [1.807, 2.05) is 0 Å². The van der Waals surface area contributed by atoms with E-state index in [0.29, 0.717) is 16.9 Å². The molecule has 0 aliphatic rings. The van der Waals surface area contributed by atoms with E-state index in [2.05, 4.69) is 10.1 Å². The second-order valence-corrected chi connectivity index (χ2v) is 7.98. The first kappa shape index (κ1) is 21.4. The molecule has 0 aliphatic heterocycles. The number of benzene rings is 2. The minimum Gasteiger partial charge on any atom is -0.452 e. The van der Waals surface area contributed by atoms with E-state index in [9.17, 15) is 18.0 Å². The van der Waals surface area contributed by atoms with Crippen molar-refractivity contribution in [1.82, 2.24) is 0 Å². The number of carbonyl (C=O) groups is 2. The summed E-state index contributed by atoms with van der Waals surface area (Å²) in [5, 5.41) is 2.72. The van der Waals surface area contributed by atoms with E-state index >= 15 is 0 Å². The number of nitrogens with zero attached hydrogens (tertiary/aromatic N) is 1. The maximum absolute atomic E-state index is 12.4. The Labute approximate surface area is 164 Å². The van der Waals surface area contributed by atoms with Crippen LogP contribution in [0.3, 0.4) is 0 Å². The van der Waals surface area contributed by atoms with Gasteiger partial charge in [-0.3, -0.25) is 9.69 Å². The van der Waals surface area contributed by atoms with Gasteiger partial charge in [0, 0.05) is 31.1 Å². The van der Waals surface area contributed by atoms with Crippen molar-refractivity contribution < 1.29 is 27.5 Å². The van der Waals surface area contributed by atoms with Crippen LogP contribution in [0.2, 0.25) is 0 Å². The molecule has 0 fully saturated rings. The van der Waals surface area contributed by atoms with Gasteiger partial charge in [-0.15, -0.1) is 0 Å². The van der Waals surface area contributed by atoms with E-state index in [1.165, 1.54) is 43.4 Å². The SMILES string of the molecule is COCCS(=O)(=O)c1ccc(C(=O)Nc2ccc(N(C)C(=O)OC)cc2)cc1. The zero-order valence-electron chi connectivity index (χ0n) is 15.8. The summed E-state index contributed by atoms with van der Waals surface area (Å²) in [5.41, 5.74) is 1.46. The predicted octanol–water partition coefficient (Wildman–Crippen LogP) is 2.56. The number of sulfone groups is 1. The molecule has 0 spiro atoms. The van der Waals surface area contributed by atoms with Gasteiger partial charge in [0.15, 0.2) is 9.84 Å². The van der Waals surface area contributed by atoms with Crippen LogP contribution in [0, 0.1) is 0 Å².